The molecule has 2 aromatic rings. The lowest BCUT2D eigenvalue weighted by atomic mass is 10.2. The fourth-order valence-corrected chi connectivity index (χ4v) is 2.22. The zero-order valence-corrected chi connectivity index (χ0v) is 13.1. The van der Waals surface area contributed by atoms with E-state index in [1.807, 2.05) is 0 Å². The fraction of sp³-hybridized carbons (Fsp3) is 0.231. The van der Waals surface area contributed by atoms with E-state index in [4.69, 9.17) is 15.3 Å². The van der Waals surface area contributed by atoms with Crippen LogP contribution in [0.4, 0.5) is 5.82 Å². The van der Waals surface area contributed by atoms with Gasteiger partial charge in [0.05, 0.1) is 23.9 Å². The molecule has 0 saturated heterocycles. The second kappa shape index (κ2) is 6.70. The minimum atomic E-state index is 0.0199. The van der Waals surface area contributed by atoms with Crippen LogP contribution in [0.3, 0.4) is 0 Å². The van der Waals surface area contributed by atoms with Gasteiger partial charge in [0.2, 0.25) is 0 Å². The summed E-state index contributed by atoms with van der Waals surface area (Å²) in [5, 5.41) is 9.84. The summed E-state index contributed by atoms with van der Waals surface area (Å²) in [6.07, 6.45) is 0. The Bertz CT molecular complexity index is 652. The largest absolute Gasteiger partial charge is 0.503 e. The molecule has 7 nitrogen and oxygen atoms in total. The van der Waals surface area contributed by atoms with Crippen LogP contribution in [0.15, 0.2) is 22.7 Å². The Morgan fingerprint density at radius 3 is 2.67 bits per heavy atom. The van der Waals surface area contributed by atoms with Gasteiger partial charge in [-0.3, -0.25) is 0 Å². The summed E-state index contributed by atoms with van der Waals surface area (Å²) >= 11 is 3.27. The molecule has 2 rings (SSSR count). The number of aromatic hydroxyl groups is 1. The molecule has 8 heteroatoms. The van der Waals surface area contributed by atoms with Gasteiger partial charge < -0.3 is 20.0 Å². The summed E-state index contributed by atoms with van der Waals surface area (Å²) in [5.74, 6) is 6.67. The van der Waals surface area contributed by atoms with Crippen LogP contribution in [0.25, 0.3) is 11.4 Å². The Labute approximate surface area is 130 Å². The molecule has 1 heterocycles. The molecule has 0 fully saturated rings. The first-order valence-electron chi connectivity index (χ1n) is 5.99. The lowest BCUT2D eigenvalue weighted by molar-refractivity contribution is 0.181. The number of nitrogens with two attached hydrogens (primary N) is 1. The van der Waals surface area contributed by atoms with Gasteiger partial charge in [0, 0.05) is 18.7 Å². The van der Waals surface area contributed by atoms with E-state index in [0.717, 1.165) is 0 Å². The number of methoxy groups -OCH3 is 2. The summed E-state index contributed by atoms with van der Waals surface area (Å²) in [6, 6.07) is 5.04. The first kappa shape index (κ1) is 15.5. The monoisotopic (exact) mass is 354 g/mol. The molecule has 0 atom stereocenters. The summed E-state index contributed by atoms with van der Waals surface area (Å²) in [6.45, 7) is 0.334. The predicted octanol–water partition coefficient (Wildman–Crippen LogP) is 2.05. The number of nitrogens with zero attached hydrogens (tertiary/aromatic N) is 2. The number of rotatable bonds is 5. The van der Waals surface area contributed by atoms with E-state index in [2.05, 4.69) is 31.3 Å². The lowest BCUT2D eigenvalue weighted by Gasteiger charge is -2.10. The van der Waals surface area contributed by atoms with E-state index in [1.165, 1.54) is 7.11 Å². The van der Waals surface area contributed by atoms with Crippen LogP contribution >= 0.6 is 15.9 Å². The number of nitrogens with one attached hydrogen (secondary N) is 1. The summed E-state index contributed by atoms with van der Waals surface area (Å²) in [4.78, 5) is 8.69. The summed E-state index contributed by atoms with van der Waals surface area (Å²) in [7, 11) is 3.05. The van der Waals surface area contributed by atoms with Gasteiger partial charge in [-0.25, -0.2) is 15.8 Å². The molecular formula is C13H15BrN4O3. The Kier molecular flexibility index (Phi) is 4.94. The first-order chi connectivity index (χ1) is 10.1. The number of phenolic OH excluding ortho intramolecular Hbond substituents is 1. The smallest absolute Gasteiger partial charge is 0.172 e. The van der Waals surface area contributed by atoms with E-state index in [0.29, 0.717) is 39.7 Å². The van der Waals surface area contributed by atoms with Crippen molar-refractivity contribution in [1.29, 1.82) is 0 Å². The Hall–Kier alpha value is -1.90. The van der Waals surface area contributed by atoms with Gasteiger partial charge in [0.25, 0.3) is 0 Å². The molecule has 0 unspecified atom stereocenters. The molecule has 0 saturated carbocycles. The standard InChI is InChI=1S/C13H15BrN4O3/c1-20-6-8-5-11(18-15)17-13(16-8)7-3-9(14)12(19)10(4-7)21-2/h3-5,19H,6,15H2,1-2H3,(H,16,17,18). The third-order valence-electron chi connectivity index (χ3n) is 2.73. The number of hydrogen-bond acceptors (Lipinski definition) is 7. The molecule has 112 valence electrons. The van der Waals surface area contributed by atoms with Crippen molar-refractivity contribution < 1.29 is 14.6 Å². The van der Waals surface area contributed by atoms with E-state index < -0.39 is 0 Å². The molecule has 0 radical (unpaired) electrons. The quantitative estimate of drug-likeness (QED) is 0.557. The van der Waals surface area contributed by atoms with Crippen molar-refractivity contribution in [3.05, 3.63) is 28.4 Å². The van der Waals surface area contributed by atoms with Crippen molar-refractivity contribution >= 4 is 21.7 Å². The normalized spacial score (nSPS) is 10.5. The number of aromatic nitrogens is 2. The Morgan fingerprint density at radius 2 is 2.05 bits per heavy atom. The number of hydrogen-bond donors (Lipinski definition) is 3. The van der Waals surface area contributed by atoms with Gasteiger partial charge in [0.1, 0.15) is 5.82 Å². The molecule has 4 N–H and O–H groups in total. The van der Waals surface area contributed by atoms with E-state index in [-0.39, 0.29) is 5.75 Å². The van der Waals surface area contributed by atoms with Crippen LogP contribution in [0.1, 0.15) is 5.69 Å². The Balaban J connectivity index is 2.55. The van der Waals surface area contributed by atoms with E-state index in [9.17, 15) is 5.11 Å². The SMILES string of the molecule is COCc1cc(NN)nc(-c2cc(Br)c(O)c(OC)c2)n1. The molecule has 0 spiro atoms. The average Bonchev–Trinajstić information content (AvgIpc) is 2.49. The molecule has 1 aromatic heterocycles. The van der Waals surface area contributed by atoms with Crippen LogP contribution in [0.2, 0.25) is 0 Å². The molecule has 0 aliphatic heterocycles. The maximum absolute atomic E-state index is 9.84. The Morgan fingerprint density at radius 1 is 1.29 bits per heavy atom. The minimum absolute atomic E-state index is 0.0199. The zero-order chi connectivity index (χ0) is 15.4. The van der Waals surface area contributed by atoms with Crippen LogP contribution in [-0.2, 0) is 11.3 Å². The number of anilines is 1. The van der Waals surface area contributed by atoms with Gasteiger partial charge in [-0.2, -0.15) is 0 Å². The number of hydrazine groups is 1. The van der Waals surface area contributed by atoms with E-state index in [1.54, 1.807) is 25.3 Å². The molecular weight excluding hydrogens is 340 g/mol. The van der Waals surface area contributed by atoms with Crippen LogP contribution in [-0.4, -0.2) is 29.3 Å². The second-order valence-electron chi connectivity index (χ2n) is 4.15. The number of ether oxygens (including phenoxy) is 2. The molecule has 21 heavy (non-hydrogen) atoms. The number of halogens is 1. The maximum Gasteiger partial charge on any atom is 0.172 e. The first-order valence-corrected chi connectivity index (χ1v) is 6.78. The van der Waals surface area contributed by atoms with Crippen LogP contribution in [0.5, 0.6) is 11.5 Å². The summed E-state index contributed by atoms with van der Waals surface area (Å²) in [5.41, 5.74) is 3.84. The molecule has 0 bridgehead atoms. The summed E-state index contributed by atoms with van der Waals surface area (Å²) < 4.78 is 10.7. The molecule has 0 amide bonds. The highest BCUT2D eigenvalue weighted by atomic mass is 79.9. The third-order valence-corrected chi connectivity index (χ3v) is 3.33. The van der Waals surface area contributed by atoms with Gasteiger partial charge in [-0.15, -0.1) is 0 Å². The number of phenols is 1. The number of nitrogen functional groups attached to an aromatic ring is 1. The zero-order valence-electron chi connectivity index (χ0n) is 11.6. The van der Waals surface area contributed by atoms with E-state index >= 15 is 0 Å². The van der Waals surface area contributed by atoms with Crippen molar-refractivity contribution in [2.24, 2.45) is 5.84 Å². The van der Waals surface area contributed by atoms with Crippen molar-refractivity contribution in [3.8, 4) is 22.9 Å². The van der Waals surface area contributed by atoms with Gasteiger partial charge >= 0.3 is 0 Å². The van der Waals surface area contributed by atoms with Crippen molar-refractivity contribution in [3.63, 3.8) is 0 Å². The van der Waals surface area contributed by atoms with Crippen molar-refractivity contribution in [2.45, 2.75) is 6.61 Å². The molecule has 1 aromatic carbocycles. The highest BCUT2D eigenvalue weighted by Gasteiger charge is 2.13. The van der Waals surface area contributed by atoms with Crippen molar-refractivity contribution in [2.75, 3.05) is 19.6 Å². The number of benzene rings is 1. The predicted molar refractivity (Wildman–Crippen MR) is 81.9 cm³/mol. The minimum Gasteiger partial charge on any atom is -0.503 e. The maximum atomic E-state index is 9.84. The van der Waals surface area contributed by atoms with Crippen LogP contribution < -0.4 is 16.0 Å². The third kappa shape index (κ3) is 3.41. The molecule has 0 aliphatic rings. The second-order valence-corrected chi connectivity index (χ2v) is 5.01. The van der Waals surface area contributed by atoms with Crippen LogP contribution in [0, 0.1) is 0 Å². The molecule has 0 aliphatic carbocycles. The highest BCUT2D eigenvalue weighted by molar-refractivity contribution is 9.10. The average molecular weight is 355 g/mol. The van der Waals surface area contributed by atoms with Gasteiger partial charge in [-0.1, -0.05) is 0 Å². The van der Waals surface area contributed by atoms with Gasteiger partial charge in [0.15, 0.2) is 17.3 Å². The lowest BCUT2D eigenvalue weighted by Crippen LogP contribution is -2.11. The topological polar surface area (TPSA) is 103 Å². The van der Waals surface area contributed by atoms with Crippen molar-refractivity contribution in [1.82, 2.24) is 9.97 Å². The highest BCUT2D eigenvalue weighted by Crippen LogP contribution is 2.37. The fourth-order valence-electron chi connectivity index (χ4n) is 1.78. The van der Waals surface area contributed by atoms with Gasteiger partial charge in [-0.05, 0) is 28.1 Å².